The minimum absolute atomic E-state index is 0.0163. The Morgan fingerprint density at radius 3 is 2.15 bits per heavy atom. The van der Waals surface area contributed by atoms with Crippen molar-refractivity contribution in [2.24, 2.45) is 0 Å². The first-order chi connectivity index (χ1) is 13.1. The molecule has 2 aliphatic rings. The van der Waals surface area contributed by atoms with E-state index >= 15 is 0 Å². The van der Waals surface area contributed by atoms with E-state index in [4.69, 9.17) is 4.74 Å². The van der Waals surface area contributed by atoms with E-state index in [-0.39, 0.29) is 11.8 Å². The summed E-state index contributed by atoms with van der Waals surface area (Å²) >= 11 is 0. The van der Waals surface area contributed by atoms with Gasteiger partial charge in [-0.2, -0.15) is 0 Å². The number of carbonyl (C=O) groups excluding carboxylic acids is 2. The van der Waals surface area contributed by atoms with Gasteiger partial charge in [-0.25, -0.2) is 0 Å². The normalized spacial score (nSPS) is 15.9. The highest BCUT2D eigenvalue weighted by Crippen LogP contribution is 2.30. The number of rotatable bonds is 7. The fraction of sp³-hybridized carbons (Fsp3) is 0.364. The minimum Gasteiger partial charge on any atom is -0.497 e. The summed E-state index contributed by atoms with van der Waals surface area (Å²) in [5.41, 5.74) is 2.37. The van der Waals surface area contributed by atoms with E-state index in [2.05, 4.69) is 5.32 Å². The standard InChI is InChI=1S/C22H24N2O3/c1-27-20-12-6-17(7-13-20)22(26)24(19-10-11-19)14-15-2-4-16(5-3-15)21(25)23-18-8-9-18/h2-7,12-13,18-19H,8-11,14H2,1H3,(H,23,25). The molecule has 0 atom stereocenters. The fourth-order valence-electron chi connectivity index (χ4n) is 3.11. The first kappa shape index (κ1) is 17.6. The molecule has 0 spiro atoms. The summed E-state index contributed by atoms with van der Waals surface area (Å²) in [6, 6.07) is 15.5. The maximum Gasteiger partial charge on any atom is 0.254 e. The van der Waals surface area contributed by atoms with Crippen LogP contribution >= 0.6 is 0 Å². The van der Waals surface area contributed by atoms with Gasteiger partial charge in [-0.1, -0.05) is 12.1 Å². The lowest BCUT2D eigenvalue weighted by molar-refractivity contribution is 0.0729. The Morgan fingerprint density at radius 1 is 0.963 bits per heavy atom. The van der Waals surface area contributed by atoms with E-state index in [1.807, 2.05) is 53.4 Å². The number of carbonyl (C=O) groups is 2. The van der Waals surface area contributed by atoms with Crippen LogP contribution < -0.4 is 10.1 Å². The maximum absolute atomic E-state index is 13.0. The van der Waals surface area contributed by atoms with Crippen LogP contribution in [0, 0.1) is 0 Å². The van der Waals surface area contributed by atoms with Crippen molar-refractivity contribution in [2.75, 3.05) is 7.11 Å². The Balaban J connectivity index is 1.44. The molecular weight excluding hydrogens is 340 g/mol. The minimum atomic E-state index is -0.0163. The number of hydrogen-bond acceptors (Lipinski definition) is 3. The van der Waals surface area contributed by atoms with Gasteiger partial charge in [-0.05, 0) is 67.6 Å². The highest BCUT2D eigenvalue weighted by atomic mass is 16.5. The monoisotopic (exact) mass is 364 g/mol. The van der Waals surface area contributed by atoms with Crippen molar-refractivity contribution >= 4 is 11.8 Å². The number of nitrogens with zero attached hydrogens (tertiary/aromatic N) is 1. The molecule has 2 aromatic carbocycles. The van der Waals surface area contributed by atoms with E-state index in [1.165, 1.54) is 0 Å². The van der Waals surface area contributed by atoms with Gasteiger partial charge >= 0.3 is 0 Å². The summed E-state index contributed by atoms with van der Waals surface area (Å²) in [5, 5.41) is 2.99. The van der Waals surface area contributed by atoms with Crippen molar-refractivity contribution in [3.8, 4) is 5.75 Å². The second-order valence-corrected chi connectivity index (χ2v) is 7.34. The van der Waals surface area contributed by atoms with Crippen molar-refractivity contribution in [3.63, 3.8) is 0 Å². The summed E-state index contributed by atoms with van der Waals surface area (Å²) in [4.78, 5) is 27.0. The molecule has 2 aromatic rings. The molecule has 5 heteroatoms. The third-order valence-corrected chi connectivity index (χ3v) is 5.07. The maximum atomic E-state index is 13.0. The quantitative estimate of drug-likeness (QED) is 0.819. The van der Waals surface area contributed by atoms with Crippen LogP contribution in [0.25, 0.3) is 0 Å². The van der Waals surface area contributed by atoms with E-state index in [1.54, 1.807) is 7.11 Å². The molecule has 4 rings (SSSR count). The zero-order valence-electron chi connectivity index (χ0n) is 15.5. The lowest BCUT2D eigenvalue weighted by atomic mass is 10.1. The highest BCUT2D eigenvalue weighted by Gasteiger charge is 2.33. The van der Waals surface area contributed by atoms with Crippen molar-refractivity contribution in [2.45, 2.75) is 44.3 Å². The van der Waals surface area contributed by atoms with Crippen molar-refractivity contribution in [1.29, 1.82) is 0 Å². The SMILES string of the molecule is COc1ccc(C(=O)N(Cc2ccc(C(=O)NC3CC3)cc2)C2CC2)cc1. The molecule has 27 heavy (non-hydrogen) atoms. The highest BCUT2D eigenvalue weighted by molar-refractivity contribution is 5.95. The molecule has 2 fully saturated rings. The van der Waals surface area contributed by atoms with Crippen LogP contribution in [0.15, 0.2) is 48.5 Å². The van der Waals surface area contributed by atoms with Gasteiger partial charge in [0.15, 0.2) is 0 Å². The summed E-state index contributed by atoms with van der Waals surface area (Å²) in [7, 11) is 1.61. The predicted octanol–water partition coefficient (Wildman–Crippen LogP) is 3.39. The molecule has 0 bridgehead atoms. The molecule has 5 nitrogen and oxygen atoms in total. The molecule has 2 saturated carbocycles. The molecule has 1 N–H and O–H groups in total. The number of methoxy groups -OCH3 is 1. The molecule has 2 aliphatic carbocycles. The summed E-state index contributed by atoms with van der Waals surface area (Å²) < 4.78 is 5.17. The third kappa shape index (κ3) is 4.30. The van der Waals surface area contributed by atoms with Gasteiger partial charge in [0.25, 0.3) is 11.8 Å². The van der Waals surface area contributed by atoms with Gasteiger partial charge in [0.05, 0.1) is 7.11 Å². The average molecular weight is 364 g/mol. The lowest BCUT2D eigenvalue weighted by Gasteiger charge is -2.23. The van der Waals surface area contributed by atoms with E-state index < -0.39 is 0 Å². The first-order valence-electron chi connectivity index (χ1n) is 9.49. The summed E-state index contributed by atoms with van der Waals surface area (Å²) in [6.45, 7) is 0.556. The number of benzene rings is 2. The predicted molar refractivity (Wildman–Crippen MR) is 103 cm³/mol. The number of ether oxygens (including phenoxy) is 1. The van der Waals surface area contributed by atoms with Crippen molar-refractivity contribution < 1.29 is 14.3 Å². The average Bonchev–Trinajstić information content (AvgIpc) is 3.61. The molecular formula is C22H24N2O3. The van der Waals surface area contributed by atoms with Gasteiger partial charge in [0.1, 0.15) is 5.75 Å². The molecule has 0 heterocycles. The van der Waals surface area contributed by atoms with E-state index in [0.29, 0.717) is 29.8 Å². The Bertz CT molecular complexity index is 822. The molecule has 0 radical (unpaired) electrons. The molecule has 0 saturated heterocycles. The van der Waals surface area contributed by atoms with Gasteiger partial charge in [0, 0.05) is 29.8 Å². The second-order valence-electron chi connectivity index (χ2n) is 7.34. The van der Waals surface area contributed by atoms with Crippen LogP contribution in [0.1, 0.15) is 52.0 Å². The summed E-state index contributed by atoms with van der Waals surface area (Å²) in [6.07, 6.45) is 4.24. The smallest absolute Gasteiger partial charge is 0.254 e. The number of nitrogens with one attached hydrogen (secondary N) is 1. The first-order valence-corrected chi connectivity index (χ1v) is 9.49. The van der Waals surface area contributed by atoms with Crippen LogP contribution in [0.4, 0.5) is 0 Å². The zero-order valence-corrected chi connectivity index (χ0v) is 15.5. The van der Waals surface area contributed by atoms with E-state index in [0.717, 1.165) is 37.0 Å². The summed E-state index contributed by atoms with van der Waals surface area (Å²) in [5.74, 6) is 0.762. The van der Waals surface area contributed by atoms with Crippen LogP contribution in [0.2, 0.25) is 0 Å². The Hall–Kier alpha value is -2.82. The van der Waals surface area contributed by atoms with E-state index in [9.17, 15) is 9.59 Å². The second kappa shape index (κ2) is 7.43. The van der Waals surface area contributed by atoms with Gasteiger partial charge in [-0.15, -0.1) is 0 Å². The topological polar surface area (TPSA) is 58.6 Å². The van der Waals surface area contributed by atoms with Gasteiger partial charge in [0.2, 0.25) is 0 Å². The van der Waals surface area contributed by atoms with Gasteiger partial charge < -0.3 is 15.0 Å². The van der Waals surface area contributed by atoms with Crippen molar-refractivity contribution in [1.82, 2.24) is 10.2 Å². The molecule has 0 aliphatic heterocycles. The third-order valence-electron chi connectivity index (χ3n) is 5.07. The van der Waals surface area contributed by atoms with Crippen LogP contribution in [-0.2, 0) is 6.54 Å². The number of hydrogen-bond donors (Lipinski definition) is 1. The van der Waals surface area contributed by atoms with Crippen LogP contribution in [-0.4, -0.2) is 35.9 Å². The Morgan fingerprint density at radius 2 is 1.59 bits per heavy atom. The van der Waals surface area contributed by atoms with Crippen LogP contribution in [0.5, 0.6) is 5.75 Å². The largest absolute Gasteiger partial charge is 0.497 e. The Labute approximate surface area is 159 Å². The Kier molecular flexibility index (Phi) is 4.84. The van der Waals surface area contributed by atoms with Gasteiger partial charge in [-0.3, -0.25) is 9.59 Å². The lowest BCUT2D eigenvalue weighted by Crippen LogP contribution is -2.32. The van der Waals surface area contributed by atoms with Crippen molar-refractivity contribution in [3.05, 3.63) is 65.2 Å². The molecule has 2 amide bonds. The zero-order chi connectivity index (χ0) is 18.8. The number of amides is 2. The fourth-order valence-corrected chi connectivity index (χ4v) is 3.11. The molecule has 0 unspecified atom stereocenters. The van der Waals surface area contributed by atoms with Crippen LogP contribution in [0.3, 0.4) is 0 Å². The molecule has 140 valence electrons. The molecule has 0 aromatic heterocycles.